The van der Waals surface area contributed by atoms with E-state index in [-0.39, 0.29) is 6.61 Å². The van der Waals surface area contributed by atoms with Crippen molar-refractivity contribution in [3.05, 3.63) is 0 Å². The maximum absolute atomic E-state index is 10.8. The number of rotatable bonds is 4. The lowest BCUT2D eigenvalue weighted by Crippen LogP contribution is -2.42. The minimum atomic E-state index is -2.29. The monoisotopic (exact) mass is 222 g/mol. The fourth-order valence-corrected chi connectivity index (χ4v) is 0.632. The van der Waals surface area contributed by atoms with Crippen LogP contribution in [0.1, 0.15) is 6.92 Å². The van der Waals surface area contributed by atoms with Crippen LogP contribution >= 0.6 is 0 Å². The highest BCUT2D eigenvalue weighted by Gasteiger charge is 2.33. The Kier molecular flexibility index (Phi) is 5.27. The average molecular weight is 222 g/mol. The van der Waals surface area contributed by atoms with Crippen molar-refractivity contribution in [1.29, 1.82) is 0 Å². The van der Waals surface area contributed by atoms with Gasteiger partial charge in [0.2, 0.25) is 0 Å². The lowest BCUT2D eigenvalue weighted by Gasteiger charge is -2.13. The largest absolute Gasteiger partial charge is 0.513 e. The van der Waals surface area contributed by atoms with Crippen molar-refractivity contribution in [3.8, 4) is 0 Å². The molecular weight excluding hydrogens is 212 g/mol. The zero-order valence-electron chi connectivity index (χ0n) is 7.74. The zero-order chi connectivity index (χ0) is 12.0. The van der Waals surface area contributed by atoms with Gasteiger partial charge in [0.05, 0.1) is 6.61 Å². The molecule has 8 nitrogen and oxygen atoms in total. The third-order valence-electron chi connectivity index (χ3n) is 1.26. The minimum Gasteiger partial charge on any atom is -0.464 e. The Morgan fingerprint density at radius 3 is 2.00 bits per heavy atom. The Morgan fingerprint density at radius 2 is 1.60 bits per heavy atom. The Balaban J connectivity index is 4.30. The van der Waals surface area contributed by atoms with Gasteiger partial charge in [0.15, 0.2) is 12.2 Å². The summed E-state index contributed by atoms with van der Waals surface area (Å²) in [6.07, 6.45) is -6.41. The molecule has 0 amide bonds. The third kappa shape index (κ3) is 4.38. The molecule has 0 spiro atoms. The van der Waals surface area contributed by atoms with Gasteiger partial charge in [-0.2, -0.15) is 0 Å². The SMILES string of the molecule is CCOC(=O)C(O)C(O)C(=O)OC(=O)O. The van der Waals surface area contributed by atoms with Gasteiger partial charge in [0, 0.05) is 0 Å². The second-order valence-electron chi connectivity index (χ2n) is 2.33. The Morgan fingerprint density at radius 1 is 1.13 bits per heavy atom. The van der Waals surface area contributed by atoms with Crippen LogP contribution in [0.2, 0.25) is 0 Å². The summed E-state index contributed by atoms with van der Waals surface area (Å²) < 4.78 is 7.80. The predicted octanol–water partition coefficient (Wildman–Crippen LogP) is -1.51. The van der Waals surface area contributed by atoms with E-state index in [4.69, 9.17) is 15.3 Å². The molecule has 15 heavy (non-hydrogen) atoms. The van der Waals surface area contributed by atoms with Gasteiger partial charge < -0.3 is 24.8 Å². The number of carbonyl (C=O) groups excluding carboxylic acids is 2. The first kappa shape index (κ1) is 13.3. The maximum atomic E-state index is 10.8. The average Bonchev–Trinajstić information content (AvgIpc) is 2.14. The van der Waals surface area contributed by atoms with E-state index in [1.165, 1.54) is 6.92 Å². The van der Waals surface area contributed by atoms with Crippen LogP contribution in [0, 0.1) is 0 Å². The minimum absolute atomic E-state index is 0.0589. The predicted molar refractivity (Wildman–Crippen MR) is 42.8 cm³/mol. The van der Waals surface area contributed by atoms with Crippen LogP contribution in [0.15, 0.2) is 0 Å². The second kappa shape index (κ2) is 5.94. The summed E-state index contributed by atoms with van der Waals surface area (Å²) >= 11 is 0. The number of hydrogen-bond donors (Lipinski definition) is 3. The van der Waals surface area contributed by atoms with Crippen molar-refractivity contribution >= 4 is 18.1 Å². The van der Waals surface area contributed by atoms with Crippen LogP contribution in [-0.2, 0) is 19.1 Å². The first-order chi connectivity index (χ1) is 6.90. The summed E-state index contributed by atoms with van der Waals surface area (Å²) in [5, 5.41) is 25.9. The molecule has 86 valence electrons. The highest BCUT2D eigenvalue weighted by Crippen LogP contribution is 2.00. The van der Waals surface area contributed by atoms with Crippen molar-refractivity contribution in [2.45, 2.75) is 19.1 Å². The summed E-state index contributed by atoms with van der Waals surface area (Å²) in [5.41, 5.74) is 0. The molecule has 2 unspecified atom stereocenters. The van der Waals surface area contributed by atoms with Crippen LogP contribution < -0.4 is 0 Å². The number of ether oxygens (including phenoxy) is 2. The molecule has 2 atom stereocenters. The smallest absolute Gasteiger partial charge is 0.464 e. The molecule has 0 saturated carbocycles. The molecule has 0 aliphatic carbocycles. The van der Waals surface area contributed by atoms with Crippen molar-refractivity contribution in [2.24, 2.45) is 0 Å². The van der Waals surface area contributed by atoms with Crippen LogP contribution in [0.3, 0.4) is 0 Å². The highest BCUT2D eigenvalue weighted by molar-refractivity contribution is 5.89. The third-order valence-corrected chi connectivity index (χ3v) is 1.26. The van der Waals surface area contributed by atoms with Gasteiger partial charge in [0.25, 0.3) is 0 Å². The number of hydrogen-bond acceptors (Lipinski definition) is 7. The van der Waals surface area contributed by atoms with E-state index in [1.807, 2.05) is 0 Å². The Hall–Kier alpha value is -1.67. The van der Waals surface area contributed by atoms with Crippen molar-refractivity contribution in [1.82, 2.24) is 0 Å². The van der Waals surface area contributed by atoms with E-state index < -0.39 is 30.3 Å². The first-order valence-corrected chi connectivity index (χ1v) is 3.87. The molecule has 0 fully saturated rings. The molecule has 0 radical (unpaired) electrons. The van der Waals surface area contributed by atoms with E-state index in [2.05, 4.69) is 9.47 Å². The number of aliphatic hydroxyl groups is 2. The van der Waals surface area contributed by atoms with E-state index in [0.29, 0.717) is 0 Å². The summed E-state index contributed by atoms with van der Waals surface area (Å²) in [4.78, 5) is 31.4. The molecule has 0 saturated heterocycles. The van der Waals surface area contributed by atoms with Gasteiger partial charge in [-0.15, -0.1) is 0 Å². The van der Waals surface area contributed by atoms with E-state index in [9.17, 15) is 14.4 Å². The maximum Gasteiger partial charge on any atom is 0.513 e. The van der Waals surface area contributed by atoms with Gasteiger partial charge in [-0.3, -0.25) is 0 Å². The summed E-state index contributed by atoms with van der Waals surface area (Å²) in [6, 6.07) is 0. The molecule has 0 aromatic rings. The quantitative estimate of drug-likeness (QED) is 0.386. The van der Waals surface area contributed by atoms with Crippen LogP contribution in [0.4, 0.5) is 4.79 Å². The molecule has 0 heterocycles. The number of carbonyl (C=O) groups is 3. The van der Waals surface area contributed by atoms with Gasteiger partial charge >= 0.3 is 18.1 Å². The van der Waals surface area contributed by atoms with E-state index in [0.717, 1.165) is 0 Å². The standard InChI is InChI=1S/C7H10O8/c1-2-14-5(10)3(8)4(9)6(11)15-7(12)13/h3-4,8-9H,2H2,1H3,(H,12,13). The van der Waals surface area contributed by atoms with Gasteiger partial charge in [0.1, 0.15) is 0 Å². The van der Waals surface area contributed by atoms with Crippen LogP contribution in [0.5, 0.6) is 0 Å². The molecule has 8 heteroatoms. The van der Waals surface area contributed by atoms with Gasteiger partial charge in [-0.05, 0) is 6.92 Å². The second-order valence-corrected chi connectivity index (χ2v) is 2.33. The van der Waals surface area contributed by atoms with E-state index >= 15 is 0 Å². The molecule has 0 rings (SSSR count). The molecule has 0 aromatic heterocycles. The van der Waals surface area contributed by atoms with Crippen LogP contribution in [-0.4, -0.2) is 52.2 Å². The summed E-state index contributed by atoms with van der Waals surface area (Å²) in [5.74, 6) is -2.89. The number of esters is 2. The molecule has 3 N–H and O–H groups in total. The topological polar surface area (TPSA) is 130 Å². The summed E-state index contributed by atoms with van der Waals surface area (Å²) in [7, 11) is 0. The molecule has 0 aromatic carbocycles. The Bertz CT molecular complexity index is 260. The number of aliphatic hydroxyl groups excluding tert-OH is 2. The van der Waals surface area contributed by atoms with Crippen LogP contribution in [0.25, 0.3) is 0 Å². The molecule has 0 aliphatic rings. The van der Waals surface area contributed by atoms with Crippen molar-refractivity contribution in [2.75, 3.05) is 6.61 Å². The fraction of sp³-hybridized carbons (Fsp3) is 0.571. The zero-order valence-corrected chi connectivity index (χ0v) is 7.74. The lowest BCUT2D eigenvalue weighted by atomic mass is 10.2. The van der Waals surface area contributed by atoms with E-state index in [1.54, 1.807) is 0 Å². The molecule has 0 bridgehead atoms. The molecular formula is C7H10O8. The highest BCUT2D eigenvalue weighted by atomic mass is 16.7. The Labute approximate surface area is 84.0 Å². The lowest BCUT2D eigenvalue weighted by molar-refractivity contribution is -0.170. The van der Waals surface area contributed by atoms with Gasteiger partial charge in [-0.1, -0.05) is 0 Å². The van der Waals surface area contributed by atoms with Gasteiger partial charge in [-0.25, -0.2) is 14.4 Å². The van der Waals surface area contributed by atoms with Crippen molar-refractivity contribution < 1.29 is 39.2 Å². The number of carboxylic acid groups (broad SMARTS) is 1. The molecule has 0 aliphatic heterocycles. The first-order valence-electron chi connectivity index (χ1n) is 3.87. The normalized spacial score (nSPS) is 13.8. The fourth-order valence-electron chi connectivity index (χ4n) is 0.632. The van der Waals surface area contributed by atoms with Crippen molar-refractivity contribution in [3.63, 3.8) is 0 Å². The summed E-state index contributed by atoms with van der Waals surface area (Å²) in [6.45, 7) is 1.39.